The van der Waals surface area contributed by atoms with Crippen LogP contribution in [-0.2, 0) is 23.8 Å². The molecule has 94 valence electrons. The molecule has 0 aromatic carbocycles. The Bertz CT molecular complexity index is 215. The van der Waals surface area contributed by atoms with Crippen molar-refractivity contribution in [2.75, 3.05) is 26.4 Å². The first-order valence-corrected chi connectivity index (χ1v) is 5.17. The number of carboxylic acids is 1. The normalized spacial score (nSPS) is 12.1. The Kier molecular flexibility index (Phi) is 8.46. The van der Waals surface area contributed by atoms with Gasteiger partial charge in [-0.05, 0) is 13.8 Å². The van der Waals surface area contributed by atoms with Gasteiger partial charge in [0, 0.05) is 13.0 Å². The summed E-state index contributed by atoms with van der Waals surface area (Å²) in [6.07, 6.45) is 0.00112. The number of carbonyl (C=O) groups is 2. The average Bonchev–Trinajstić information content (AvgIpc) is 2.23. The fourth-order valence-electron chi connectivity index (χ4n) is 0.906. The molecule has 0 fully saturated rings. The molecule has 1 N–H and O–H groups in total. The standard InChI is InChI=1S/C10H18O6/c1-3-14-6-7-15-5-4-8(2)16-10(13)9(11)12/h8H,3-7H2,1-2H3,(H,11,12). The maximum absolute atomic E-state index is 10.6. The van der Waals surface area contributed by atoms with Crippen LogP contribution in [0.5, 0.6) is 0 Å². The second-order valence-electron chi connectivity index (χ2n) is 3.12. The average molecular weight is 234 g/mol. The van der Waals surface area contributed by atoms with Gasteiger partial charge >= 0.3 is 11.9 Å². The van der Waals surface area contributed by atoms with Crippen LogP contribution in [0.2, 0.25) is 0 Å². The molecular weight excluding hydrogens is 216 g/mol. The summed E-state index contributed by atoms with van der Waals surface area (Å²) in [5, 5.41) is 8.28. The molecule has 0 rings (SSSR count). The summed E-state index contributed by atoms with van der Waals surface area (Å²) >= 11 is 0. The molecule has 1 atom stereocenters. The topological polar surface area (TPSA) is 82.1 Å². The van der Waals surface area contributed by atoms with Crippen molar-refractivity contribution >= 4 is 11.9 Å². The van der Waals surface area contributed by atoms with E-state index in [9.17, 15) is 9.59 Å². The van der Waals surface area contributed by atoms with Crippen molar-refractivity contribution in [3.8, 4) is 0 Å². The van der Waals surface area contributed by atoms with Gasteiger partial charge in [-0.1, -0.05) is 0 Å². The Balaban J connectivity index is 3.40. The van der Waals surface area contributed by atoms with Crippen LogP contribution in [0.3, 0.4) is 0 Å². The minimum atomic E-state index is -1.58. The summed E-state index contributed by atoms with van der Waals surface area (Å²) in [5.41, 5.74) is 0. The first-order chi connectivity index (χ1) is 7.57. The van der Waals surface area contributed by atoms with Gasteiger partial charge in [0.1, 0.15) is 6.10 Å². The predicted octanol–water partition coefficient (Wildman–Crippen LogP) is 0.446. The van der Waals surface area contributed by atoms with Crippen molar-refractivity contribution in [2.24, 2.45) is 0 Å². The summed E-state index contributed by atoms with van der Waals surface area (Å²) in [7, 11) is 0. The minimum Gasteiger partial charge on any atom is -0.473 e. The van der Waals surface area contributed by atoms with Gasteiger partial charge in [-0.3, -0.25) is 0 Å². The summed E-state index contributed by atoms with van der Waals surface area (Å²) in [6, 6.07) is 0. The van der Waals surface area contributed by atoms with E-state index in [1.165, 1.54) is 0 Å². The lowest BCUT2D eigenvalue weighted by Gasteiger charge is -2.11. The number of hydrogen-bond acceptors (Lipinski definition) is 5. The number of carboxylic acid groups (broad SMARTS) is 1. The van der Waals surface area contributed by atoms with Crippen LogP contribution in [0.4, 0.5) is 0 Å². The Labute approximate surface area is 94.5 Å². The number of esters is 1. The Morgan fingerprint density at radius 3 is 2.38 bits per heavy atom. The Hall–Kier alpha value is -1.14. The molecule has 0 bridgehead atoms. The molecule has 6 nitrogen and oxygen atoms in total. The van der Waals surface area contributed by atoms with E-state index in [1.807, 2.05) is 6.92 Å². The molecule has 6 heteroatoms. The molecule has 0 aliphatic rings. The van der Waals surface area contributed by atoms with Crippen LogP contribution >= 0.6 is 0 Å². The van der Waals surface area contributed by atoms with Crippen molar-refractivity contribution in [3.05, 3.63) is 0 Å². The van der Waals surface area contributed by atoms with Crippen LogP contribution in [0.1, 0.15) is 20.3 Å². The summed E-state index contributed by atoms with van der Waals surface area (Å²) in [6.45, 7) is 5.57. The molecule has 0 spiro atoms. The van der Waals surface area contributed by atoms with Gasteiger partial charge in [-0.15, -0.1) is 0 Å². The molecule has 0 saturated heterocycles. The highest BCUT2D eigenvalue weighted by Gasteiger charge is 2.16. The van der Waals surface area contributed by atoms with E-state index in [1.54, 1.807) is 6.92 Å². The van der Waals surface area contributed by atoms with Gasteiger partial charge in [0.15, 0.2) is 0 Å². The smallest absolute Gasteiger partial charge is 0.417 e. The third-order valence-electron chi connectivity index (χ3n) is 1.73. The van der Waals surface area contributed by atoms with Crippen LogP contribution in [-0.4, -0.2) is 49.6 Å². The lowest BCUT2D eigenvalue weighted by atomic mass is 10.3. The van der Waals surface area contributed by atoms with Crippen molar-refractivity contribution < 1.29 is 28.9 Å². The number of hydrogen-bond donors (Lipinski definition) is 1. The van der Waals surface area contributed by atoms with Gasteiger partial charge in [-0.25, -0.2) is 9.59 Å². The molecule has 0 heterocycles. The van der Waals surface area contributed by atoms with Gasteiger partial charge < -0.3 is 19.3 Å². The maximum Gasteiger partial charge on any atom is 0.417 e. The predicted molar refractivity (Wildman–Crippen MR) is 55.1 cm³/mol. The molecule has 0 aromatic heterocycles. The molecule has 0 aliphatic carbocycles. The van der Waals surface area contributed by atoms with E-state index in [4.69, 9.17) is 14.6 Å². The fraction of sp³-hybridized carbons (Fsp3) is 0.800. The summed E-state index contributed by atoms with van der Waals surface area (Å²) in [5.74, 6) is -2.81. The zero-order valence-corrected chi connectivity index (χ0v) is 9.60. The maximum atomic E-state index is 10.6. The van der Waals surface area contributed by atoms with E-state index in [-0.39, 0.29) is 0 Å². The van der Waals surface area contributed by atoms with Crippen molar-refractivity contribution in [1.29, 1.82) is 0 Å². The molecule has 0 aliphatic heterocycles. The largest absolute Gasteiger partial charge is 0.473 e. The second kappa shape index (κ2) is 9.11. The van der Waals surface area contributed by atoms with E-state index < -0.39 is 18.0 Å². The number of carbonyl (C=O) groups excluding carboxylic acids is 1. The van der Waals surface area contributed by atoms with Gasteiger partial charge in [0.05, 0.1) is 19.8 Å². The molecule has 0 saturated carbocycles. The van der Waals surface area contributed by atoms with Gasteiger partial charge in [0.2, 0.25) is 0 Å². The lowest BCUT2D eigenvalue weighted by molar-refractivity contribution is -0.167. The van der Waals surface area contributed by atoms with Crippen LogP contribution < -0.4 is 0 Å². The highest BCUT2D eigenvalue weighted by atomic mass is 16.6. The first kappa shape index (κ1) is 14.9. The molecule has 0 radical (unpaired) electrons. The minimum absolute atomic E-state index is 0.404. The summed E-state index contributed by atoms with van der Waals surface area (Å²) in [4.78, 5) is 20.8. The zero-order chi connectivity index (χ0) is 12.4. The van der Waals surface area contributed by atoms with Gasteiger partial charge in [-0.2, -0.15) is 0 Å². The van der Waals surface area contributed by atoms with Crippen molar-refractivity contribution in [2.45, 2.75) is 26.4 Å². The van der Waals surface area contributed by atoms with E-state index in [2.05, 4.69) is 4.74 Å². The highest BCUT2D eigenvalue weighted by Crippen LogP contribution is 1.98. The Morgan fingerprint density at radius 2 is 1.81 bits per heavy atom. The molecular formula is C10H18O6. The monoisotopic (exact) mass is 234 g/mol. The summed E-state index contributed by atoms with van der Waals surface area (Å²) < 4.78 is 14.8. The van der Waals surface area contributed by atoms with Crippen molar-refractivity contribution in [1.82, 2.24) is 0 Å². The fourth-order valence-corrected chi connectivity index (χ4v) is 0.906. The molecule has 16 heavy (non-hydrogen) atoms. The molecule has 0 amide bonds. The van der Waals surface area contributed by atoms with Crippen LogP contribution in [0, 0.1) is 0 Å². The Morgan fingerprint density at radius 1 is 1.19 bits per heavy atom. The third kappa shape index (κ3) is 8.19. The number of ether oxygens (including phenoxy) is 3. The van der Waals surface area contributed by atoms with E-state index in [0.717, 1.165) is 0 Å². The van der Waals surface area contributed by atoms with E-state index in [0.29, 0.717) is 32.8 Å². The van der Waals surface area contributed by atoms with E-state index >= 15 is 0 Å². The number of rotatable bonds is 8. The van der Waals surface area contributed by atoms with Crippen LogP contribution in [0.15, 0.2) is 0 Å². The molecule has 1 unspecified atom stereocenters. The zero-order valence-electron chi connectivity index (χ0n) is 9.60. The van der Waals surface area contributed by atoms with Crippen molar-refractivity contribution in [3.63, 3.8) is 0 Å². The quantitative estimate of drug-likeness (QED) is 0.373. The van der Waals surface area contributed by atoms with Crippen LogP contribution in [0.25, 0.3) is 0 Å². The molecule has 0 aromatic rings. The second-order valence-corrected chi connectivity index (χ2v) is 3.12. The first-order valence-electron chi connectivity index (χ1n) is 5.17. The third-order valence-corrected chi connectivity index (χ3v) is 1.73. The van der Waals surface area contributed by atoms with Gasteiger partial charge in [0.25, 0.3) is 0 Å². The lowest BCUT2D eigenvalue weighted by Crippen LogP contribution is -2.23. The number of aliphatic carboxylic acids is 1. The highest BCUT2D eigenvalue weighted by molar-refractivity contribution is 6.28. The SMILES string of the molecule is CCOCCOCCC(C)OC(=O)C(=O)O.